The molecule has 6 heteroatoms. The van der Waals surface area contributed by atoms with Gasteiger partial charge in [-0.1, -0.05) is 12.1 Å². The highest BCUT2D eigenvalue weighted by Crippen LogP contribution is 2.31. The van der Waals surface area contributed by atoms with Gasteiger partial charge in [0.2, 0.25) is 5.91 Å². The summed E-state index contributed by atoms with van der Waals surface area (Å²) in [5, 5.41) is 13.0. The van der Waals surface area contributed by atoms with Gasteiger partial charge in [-0.15, -0.1) is 0 Å². The summed E-state index contributed by atoms with van der Waals surface area (Å²) in [5.74, 6) is -0.311. The topological polar surface area (TPSA) is 61.8 Å². The number of hydrogen-bond acceptors (Lipinski definition) is 4. The first-order chi connectivity index (χ1) is 11.1. The minimum atomic E-state index is -0.457. The van der Waals surface area contributed by atoms with Crippen molar-refractivity contribution in [3.63, 3.8) is 0 Å². The van der Waals surface area contributed by atoms with Gasteiger partial charge in [-0.25, -0.2) is 4.39 Å². The number of nitrogens with zero attached hydrogens (tertiary/aromatic N) is 1. The first-order valence-electron chi connectivity index (χ1n) is 8.16. The molecule has 0 radical (unpaired) electrons. The zero-order valence-corrected chi connectivity index (χ0v) is 13.1. The van der Waals surface area contributed by atoms with Crippen molar-refractivity contribution in [1.82, 2.24) is 10.2 Å². The second-order valence-corrected chi connectivity index (χ2v) is 6.34. The Morgan fingerprint density at radius 2 is 2.00 bits per heavy atom. The molecule has 2 saturated heterocycles. The van der Waals surface area contributed by atoms with E-state index in [1.165, 1.54) is 12.1 Å². The zero-order chi connectivity index (χ0) is 16.2. The van der Waals surface area contributed by atoms with E-state index in [1.807, 2.05) is 4.90 Å². The number of carbonyl (C=O) groups excluding carboxylic acids is 1. The van der Waals surface area contributed by atoms with Gasteiger partial charge in [-0.2, -0.15) is 0 Å². The van der Waals surface area contributed by atoms with Crippen molar-refractivity contribution in [3.05, 3.63) is 35.6 Å². The largest absolute Gasteiger partial charge is 0.392 e. The quantitative estimate of drug-likeness (QED) is 0.875. The third-order valence-corrected chi connectivity index (χ3v) is 4.57. The summed E-state index contributed by atoms with van der Waals surface area (Å²) in [6.45, 7) is 2.08. The molecule has 23 heavy (non-hydrogen) atoms. The van der Waals surface area contributed by atoms with Crippen LogP contribution in [0.4, 0.5) is 4.39 Å². The van der Waals surface area contributed by atoms with Crippen LogP contribution < -0.4 is 5.32 Å². The molecule has 1 aromatic rings. The van der Waals surface area contributed by atoms with Gasteiger partial charge in [0, 0.05) is 31.8 Å². The average molecular weight is 322 g/mol. The van der Waals surface area contributed by atoms with Crippen molar-refractivity contribution in [3.8, 4) is 0 Å². The minimum absolute atomic E-state index is 0.0295. The summed E-state index contributed by atoms with van der Waals surface area (Å²) in [6, 6.07) is 6.41. The standard InChI is InChI=1S/C17H23FN2O3/c18-13-3-1-12(2-4-13)16-9-15(21)10-20(16)11-17(22)19-14-5-7-23-8-6-14/h1-4,14-16,21H,5-11H2,(H,19,22)/t15-,16-/m0/s1. The molecule has 1 aromatic carbocycles. The molecule has 2 fully saturated rings. The molecule has 2 heterocycles. The minimum Gasteiger partial charge on any atom is -0.392 e. The van der Waals surface area contributed by atoms with Gasteiger partial charge in [-0.3, -0.25) is 9.69 Å². The Hall–Kier alpha value is -1.50. The van der Waals surface area contributed by atoms with Crippen LogP contribution in [0.5, 0.6) is 0 Å². The molecule has 0 aliphatic carbocycles. The molecule has 2 aliphatic heterocycles. The van der Waals surface area contributed by atoms with Crippen LogP contribution in [0.2, 0.25) is 0 Å². The number of carbonyl (C=O) groups is 1. The lowest BCUT2D eigenvalue weighted by atomic mass is 10.0. The fraction of sp³-hybridized carbons (Fsp3) is 0.588. The molecule has 5 nitrogen and oxygen atoms in total. The number of aliphatic hydroxyl groups is 1. The van der Waals surface area contributed by atoms with E-state index >= 15 is 0 Å². The number of nitrogens with one attached hydrogen (secondary N) is 1. The van der Waals surface area contributed by atoms with E-state index in [0.29, 0.717) is 26.2 Å². The van der Waals surface area contributed by atoms with Gasteiger partial charge in [0.15, 0.2) is 0 Å². The Kier molecular flexibility index (Phi) is 5.25. The Bertz CT molecular complexity index is 531. The molecular weight excluding hydrogens is 299 g/mol. The zero-order valence-electron chi connectivity index (χ0n) is 13.1. The highest BCUT2D eigenvalue weighted by atomic mass is 19.1. The summed E-state index contributed by atoms with van der Waals surface area (Å²) >= 11 is 0. The lowest BCUT2D eigenvalue weighted by Crippen LogP contribution is -2.44. The molecule has 0 aromatic heterocycles. The molecule has 0 bridgehead atoms. The molecule has 0 unspecified atom stereocenters. The van der Waals surface area contributed by atoms with Gasteiger partial charge < -0.3 is 15.2 Å². The maximum atomic E-state index is 13.1. The van der Waals surface area contributed by atoms with Crippen molar-refractivity contribution in [2.45, 2.75) is 37.5 Å². The number of β-amino-alcohol motifs (C(OH)–C–C–N with tert-alkyl or cyclic N) is 1. The van der Waals surface area contributed by atoms with Crippen LogP contribution in [0.1, 0.15) is 30.9 Å². The number of hydrogen-bond donors (Lipinski definition) is 2. The lowest BCUT2D eigenvalue weighted by molar-refractivity contribution is -0.123. The van der Waals surface area contributed by atoms with Gasteiger partial charge in [-0.05, 0) is 37.0 Å². The van der Waals surface area contributed by atoms with E-state index in [4.69, 9.17) is 4.74 Å². The van der Waals surface area contributed by atoms with Crippen LogP contribution in [-0.2, 0) is 9.53 Å². The highest BCUT2D eigenvalue weighted by molar-refractivity contribution is 5.78. The van der Waals surface area contributed by atoms with E-state index in [2.05, 4.69) is 5.32 Å². The third kappa shape index (κ3) is 4.28. The Morgan fingerprint density at radius 1 is 1.30 bits per heavy atom. The van der Waals surface area contributed by atoms with Gasteiger partial charge in [0.25, 0.3) is 0 Å². The van der Waals surface area contributed by atoms with Crippen LogP contribution in [0.15, 0.2) is 24.3 Å². The first kappa shape index (κ1) is 16.4. The number of halogens is 1. The molecule has 1 amide bonds. The molecule has 0 spiro atoms. The van der Waals surface area contributed by atoms with Gasteiger partial charge in [0.05, 0.1) is 12.6 Å². The van der Waals surface area contributed by atoms with Crippen LogP contribution in [0.3, 0.4) is 0 Å². The van der Waals surface area contributed by atoms with Crippen LogP contribution in [0.25, 0.3) is 0 Å². The molecule has 126 valence electrons. The molecule has 2 N–H and O–H groups in total. The monoisotopic (exact) mass is 322 g/mol. The lowest BCUT2D eigenvalue weighted by Gasteiger charge is -2.27. The van der Waals surface area contributed by atoms with E-state index in [-0.39, 0.29) is 30.4 Å². The van der Waals surface area contributed by atoms with Crippen molar-refractivity contribution in [1.29, 1.82) is 0 Å². The van der Waals surface area contributed by atoms with Crippen molar-refractivity contribution in [2.75, 3.05) is 26.3 Å². The second-order valence-electron chi connectivity index (χ2n) is 6.34. The smallest absolute Gasteiger partial charge is 0.234 e. The fourth-order valence-corrected chi connectivity index (χ4v) is 3.39. The number of likely N-dealkylation sites (tertiary alicyclic amines) is 1. The number of benzene rings is 1. The van der Waals surface area contributed by atoms with Crippen molar-refractivity contribution in [2.24, 2.45) is 0 Å². The summed E-state index contributed by atoms with van der Waals surface area (Å²) in [5.41, 5.74) is 0.932. The predicted molar refractivity (Wildman–Crippen MR) is 83.3 cm³/mol. The van der Waals surface area contributed by atoms with Crippen LogP contribution in [0, 0.1) is 5.82 Å². The normalized spacial score (nSPS) is 26.3. The SMILES string of the molecule is O=C(CN1C[C@@H](O)C[C@H]1c1ccc(F)cc1)NC1CCOCC1. The molecule has 2 aliphatic rings. The van der Waals surface area contributed by atoms with E-state index in [0.717, 1.165) is 18.4 Å². The van der Waals surface area contributed by atoms with E-state index < -0.39 is 6.10 Å². The first-order valence-corrected chi connectivity index (χ1v) is 8.16. The summed E-state index contributed by atoms with van der Waals surface area (Å²) in [4.78, 5) is 14.2. The third-order valence-electron chi connectivity index (χ3n) is 4.57. The molecule has 3 rings (SSSR count). The number of aliphatic hydroxyl groups excluding tert-OH is 1. The maximum absolute atomic E-state index is 13.1. The number of ether oxygens (including phenoxy) is 1. The van der Waals surface area contributed by atoms with Gasteiger partial charge >= 0.3 is 0 Å². The average Bonchev–Trinajstić information content (AvgIpc) is 2.89. The van der Waals surface area contributed by atoms with E-state index in [9.17, 15) is 14.3 Å². The predicted octanol–water partition coefficient (Wildman–Crippen LogP) is 1.23. The molecule has 2 atom stereocenters. The fourth-order valence-electron chi connectivity index (χ4n) is 3.39. The number of amides is 1. The maximum Gasteiger partial charge on any atom is 0.234 e. The van der Waals surface area contributed by atoms with Gasteiger partial charge in [0.1, 0.15) is 5.82 Å². The molecule has 0 saturated carbocycles. The highest BCUT2D eigenvalue weighted by Gasteiger charge is 2.33. The Labute approximate surface area is 135 Å². The Balaban J connectivity index is 1.60. The number of rotatable bonds is 4. The van der Waals surface area contributed by atoms with Crippen LogP contribution in [-0.4, -0.2) is 54.4 Å². The molecular formula is C17H23FN2O3. The van der Waals surface area contributed by atoms with E-state index in [1.54, 1.807) is 12.1 Å². The van der Waals surface area contributed by atoms with Crippen molar-refractivity contribution < 1.29 is 19.0 Å². The van der Waals surface area contributed by atoms with Crippen LogP contribution >= 0.6 is 0 Å². The summed E-state index contributed by atoms with van der Waals surface area (Å²) < 4.78 is 18.4. The summed E-state index contributed by atoms with van der Waals surface area (Å²) in [7, 11) is 0. The Morgan fingerprint density at radius 3 is 2.70 bits per heavy atom. The summed E-state index contributed by atoms with van der Waals surface area (Å²) in [6.07, 6.45) is 1.79. The van der Waals surface area contributed by atoms with Crippen molar-refractivity contribution >= 4 is 5.91 Å². The second kappa shape index (κ2) is 7.38.